The van der Waals surface area contributed by atoms with Gasteiger partial charge in [-0.05, 0) is 13.0 Å². The van der Waals surface area contributed by atoms with Gasteiger partial charge in [-0.15, -0.1) is 0 Å². The monoisotopic (exact) mass is 252 g/mol. The third kappa shape index (κ3) is 2.60. The number of nitrogens with zero attached hydrogens (tertiary/aromatic N) is 2. The summed E-state index contributed by atoms with van der Waals surface area (Å²) in [4.78, 5) is 12.3. The van der Waals surface area contributed by atoms with E-state index in [0.29, 0.717) is 25.4 Å². The molecule has 0 radical (unpaired) electrons. The van der Waals surface area contributed by atoms with Gasteiger partial charge in [-0.3, -0.25) is 15.0 Å². The molecule has 1 saturated heterocycles. The molecule has 1 fully saturated rings. The molecular weight excluding hydrogens is 236 g/mol. The Hall–Kier alpha value is -1.66. The van der Waals surface area contributed by atoms with Crippen LogP contribution in [0.4, 0.5) is 5.69 Å². The van der Waals surface area contributed by atoms with E-state index in [9.17, 15) is 15.2 Å². The highest BCUT2D eigenvalue weighted by molar-refractivity contribution is 5.43. The molecule has 6 nitrogen and oxygen atoms in total. The fourth-order valence-electron chi connectivity index (χ4n) is 2.27. The van der Waals surface area contributed by atoms with Gasteiger partial charge in [0.2, 0.25) is 0 Å². The van der Waals surface area contributed by atoms with Crippen molar-refractivity contribution in [1.82, 2.24) is 4.90 Å². The van der Waals surface area contributed by atoms with Crippen molar-refractivity contribution in [2.24, 2.45) is 0 Å². The molecule has 2 rings (SSSR count). The number of hydrogen-bond donors (Lipinski definition) is 1. The van der Waals surface area contributed by atoms with Crippen LogP contribution in [0.1, 0.15) is 12.5 Å². The first kappa shape index (κ1) is 12.8. The summed E-state index contributed by atoms with van der Waals surface area (Å²) in [6, 6.07) is 4.55. The van der Waals surface area contributed by atoms with Gasteiger partial charge < -0.3 is 9.84 Å². The Labute approximate surface area is 105 Å². The van der Waals surface area contributed by atoms with Crippen molar-refractivity contribution in [2.75, 3.05) is 20.2 Å². The van der Waals surface area contributed by atoms with Gasteiger partial charge in [0.1, 0.15) is 5.75 Å². The number of β-amino-alcohol motifs (C(OH)–C–C–N with tert-alkyl or cyclic N) is 1. The van der Waals surface area contributed by atoms with Crippen LogP contribution in [-0.4, -0.2) is 40.7 Å². The van der Waals surface area contributed by atoms with E-state index in [1.165, 1.54) is 19.2 Å². The van der Waals surface area contributed by atoms with Gasteiger partial charge in [-0.25, -0.2) is 0 Å². The molecule has 1 N–H and O–H groups in total. The molecule has 0 aromatic heterocycles. The Bertz CT molecular complexity index is 465. The topological polar surface area (TPSA) is 75.8 Å². The summed E-state index contributed by atoms with van der Waals surface area (Å²) < 4.78 is 5.19. The van der Waals surface area contributed by atoms with Crippen molar-refractivity contribution in [2.45, 2.75) is 19.1 Å². The second-order valence-electron chi connectivity index (χ2n) is 4.90. The lowest BCUT2D eigenvalue weighted by atomic mass is 9.96. The summed E-state index contributed by atoms with van der Waals surface area (Å²) in [6.07, 6.45) is 0. The number of rotatable bonds is 4. The zero-order chi connectivity index (χ0) is 13.3. The fraction of sp³-hybridized carbons (Fsp3) is 0.500. The Kier molecular flexibility index (Phi) is 3.23. The second kappa shape index (κ2) is 4.55. The highest BCUT2D eigenvalue weighted by Gasteiger charge is 2.36. The summed E-state index contributed by atoms with van der Waals surface area (Å²) in [5.41, 5.74) is 0.175. The summed E-state index contributed by atoms with van der Waals surface area (Å²) >= 11 is 0. The number of benzene rings is 1. The van der Waals surface area contributed by atoms with Crippen molar-refractivity contribution in [1.29, 1.82) is 0 Å². The Morgan fingerprint density at radius 1 is 1.56 bits per heavy atom. The van der Waals surface area contributed by atoms with Crippen LogP contribution in [0, 0.1) is 10.1 Å². The average molecular weight is 252 g/mol. The molecule has 98 valence electrons. The quantitative estimate of drug-likeness (QED) is 0.643. The Balaban J connectivity index is 2.15. The third-order valence-corrected chi connectivity index (χ3v) is 3.00. The lowest BCUT2D eigenvalue weighted by molar-refractivity contribution is -0.385. The molecule has 0 amide bonds. The molecule has 0 atom stereocenters. The first-order valence-electron chi connectivity index (χ1n) is 5.67. The molecule has 0 aliphatic carbocycles. The number of hydrogen-bond acceptors (Lipinski definition) is 5. The molecule has 18 heavy (non-hydrogen) atoms. The van der Waals surface area contributed by atoms with Crippen LogP contribution in [0.25, 0.3) is 0 Å². The first-order valence-corrected chi connectivity index (χ1v) is 5.67. The zero-order valence-corrected chi connectivity index (χ0v) is 10.4. The maximum absolute atomic E-state index is 10.7. The molecule has 6 heteroatoms. The van der Waals surface area contributed by atoms with Crippen LogP contribution in [0.2, 0.25) is 0 Å². The van der Waals surface area contributed by atoms with Crippen molar-refractivity contribution in [3.05, 3.63) is 33.9 Å². The van der Waals surface area contributed by atoms with E-state index in [1.807, 2.05) is 4.90 Å². The second-order valence-corrected chi connectivity index (χ2v) is 4.90. The predicted octanol–water partition coefficient (Wildman–Crippen LogP) is 1.17. The van der Waals surface area contributed by atoms with Crippen LogP contribution in [0.15, 0.2) is 18.2 Å². The van der Waals surface area contributed by atoms with Gasteiger partial charge >= 0.3 is 0 Å². The first-order chi connectivity index (χ1) is 8.41. The minimum Gasteiger partial charge on any atom is -0.496 e. The largest absolute Gasteiger partial charge is 0.496 e. The molecular formula is C12H16N2O4. The number of likely N-dealkylation sites (tertiary alicyclic amines) is 1. The van der Waals surface area contributed by atoms with Gasteiger partial charge in [-0.2, -0.15) is 0 Å². The van der Waals surface area contributed by atoms with Crippen LogP contribution in [0.5, 0.6) is 5.75 Å². The number of aliphatic hydroxyl groups is 1. The lowest BCUT2D eigenvalue weighted by Crippen LogP contribution is -2.59. The molecule has 0 unspecified atom stereocenters. The average Bonchev–Trinajstić information content (AvgIpc) is 2.26. The van der Waals surface area contributed by atoms with Gasteiger partial charge in [0, 0.05) is 37.3 Å². The normalized spacial score (nSPS) is 18.2. The number of nitro benzene ring substituents is 1. The fourth-order valence-corrected chi connectivity index (χ4v) is 2.27. The zero-order valence-electron chi connectivity index (χ0n) is 10.4. The molecule has 1 aliphatic rings. The van der Waals surface area contributed by atoms with Gasteiger partial charge in [0.25, 0.3) is 5.69 Å². The standard InChI is InChI=1S/C12H16N2O4/c1-12(15)7-13(8-12)6-9-5-10(14(16)17)3-4-11(9)18-2/h3-5,15H,6-8H2,1-2H3. The number of ether oxygens (including phenoxy) is 1. The van der Waals surface area contributed by atoms with E-state index in [-0.39, 0.29) is 5.69 Å². The number of non-ortho nitro benzene ring substituents is 1. The summed E-state index contributed by atoms with van der Waals surface area (Å²) in [7, 11) is 1.54. The molecule has 1 aromatic rings. The van der Waals surface area contributed by atoms with Gasteiger partial charge in [0.05, 0.1) is 17.6 Å². The minimum absolute atomic E-state index is 0.0538. The molecule has 1 heterocycles. The molecule has 0 spiro atoms. The van der Waals surface area contributed by atoms with Gasteiger partial charge in [-0.1, -0.05) is 0 Å². The smallest absolute Gasteiger partial charge is 0.270 e. The third-order valence-electron chi connectivity index (χ3n) is 3.00. The van der Waals surface area contributed by atoms with E-state index >= 15 is 0 Å². The molecule has 0 bridgehead atoms. The van der Waals surface area contributed by atoms with E-state index < -0.39 is 10.5 Å². The van der Waals surface area contributed by atoms with Crippen molar-refractivity contribution in [3.63, 3.8) is 0 Å². The molecule has 0 saturated carbocycles. The Morgan fingerprint density at radius 2 is 2.22 bits per heavy atom. The van der Waals surface area contributed by atoms with E-state index in [2.05, 4.69) is 0 Å². The van der Waals surface area contributed by atoms with Gasteiger partial charge in [0.15, 0.2) is 0 Å². The highest BCUT2D eigenvalue weighted by atomic mass is 16.6. The number of methoxy groups -OCH3 is 1. The van der Waals surface area contributed by atoms with Crippen LogP contribution in [0.3, 0.4) is 0 Å². The van der Waals surface area contributed by atoms with Crippen LogP contribution in [-0.2, 0) is 6.54 Å². The maximum atomic E-state index is 10.7. The number of nitro groups is 1. The van der Waals surface area contributed by atoms with E-state index in [4.69, 9.17) is 4.74 Å². The van der Waals surface area contributed by atoms with E-state index in [0.717, 1.165) is 5.56 Å². The SMILES string of the molecule is COc1ccc([N+](=O)[O-])cc1CN1CC(C)(O)C1. The molecule has 1 aromatic carbocycles. The van der Waals surface area contributed by atoms with Crippen molar-refractivity contribution >= 4 is 5.69 Å². The van der Waals surface area contributed by atoms with Crippen molar-refractivity contribution < 1.29 is 14.8 Å². The summed E-state index contributed by atoms with van der Waals surface area (Å²) in [5.74, 6) is 0.632. The predicted molar refractivity (Wildman–Crippen MR) is 65.5 cm³/mol. The highest BCUT2D eigenvalue weighted by Crippen LogP contribution is 2.28. The summed E-state index contributed by atoms with van der Waals surface area (Å²) in [6.45, 7) is 3.45. The Morgan fingerprint density at radius 3 is 2.72 bits per heavy atom. The van der Waals surface area contributed by atoms with Crippen LogP contribution < -0.4 is 4.74 Å². The summed E-state index contributed by atoms with van der Waals surface area (Å²) in [5, 5.41) is 20.4. The maximum Gasteiger partial charge on any atom is 0.270 e. The minimum atomic E-state index is -0.645. The lowest BCUT2D eigenvalue weighted by Gasteiger charge is -2.44. The van der Waals surface area contributed by atoms with Crippen molar-refractivity contribution in [3.8, 4) is 5.75 Å². The molecule has 1 aliphatic heterocycles. The van der Waals surface area contributed by atoms with E-state index in [1.54, 1.807) is 13.0 Å². The van der Waals surface area contributed by atoms with Crippen LogP contribution >= 0.6 is 0 Å².